The Balaban J connectivity index is 1.96. The van der Waals surface area contributed by atoms with Crippen LogP contribution in [0.4, 0.5) is 0 Å². The van der Waals surface area contributed by atoms with E-state index in [0.29, 0.717) is 11.8 Å². The molecule has 0 radical (unpaired) electrons. The van der Waals surface area contributed by atoms with Crippen LogP contribution in [0.25, 0.3) is 0 Å². The molecule has 0 heterocycles. The molecule has 2 N–H and O–H groups in total. The van der Waals surface area contributed by atoms with Crippen molar-refractivity contribution in [3.63, 3.8) is 0 Å². The fourth-order valence-electron chi connectivity index (χ4n) is 3.52. The van der Waals surface area contributed by atoms with Crippen LogP contribution < -0.4 is 5.73 Å². The molecule has 0 aromatic heterocycles. The molecule has 2 aliphatic carbocycles. The molecular formula is C14H25NO3S. The van der Waals surface area contributed by atoms with Gasteiger partial charge in [-0.15, -0.1) is 0 Å². The van der Waals surface area contributed by atoms with E-state index in [0.717, 1.165) is 19.3 Å². The normalized spacial score (nSPS) is 34.7. The molecule has 0 aromatic rings. The Bertz CT molecular complexity index is 462. The van der Waals surface area contributed by atoms with Crippen LogP contribution in [-0.2, 0) is 14.6 Å². The lowest BCUT2D eigenvalue weighted by atomic mass is 9.81. The van der Waals surface area contributed by atoms with Gasteiger partial charge < -0.3 is 5.73 Å². The first-order valence-corrected chi connectivity index (χ1v) is 8.79. The lowest BCUT2D eigenvalue weighted by Crippen LogP contribution is -2.41. The van der Waals surface area contributed by atoms with Crippen LogP contribution in [0.1, 0.15) is 46.5 Å². The summed E-state index contributed by atoms with van der Waals surface area (Å²) >= 11 is 0. The summed E-state index contributed by atoms with van der Waals surface area (Å²) in [6.07, 6.45) is 3.40. The summed E-state index contributed by atoms with van der Waals surface area (Å²) in [5.74, 6) is 0.820. The third-order valence-electron chi connectivity index (χ3n) is 4.90. The Kier molecular flexibility index (Phi) is 3.82. The molecule has 2 saturated carbocycles. The maximum Gasteiger partial charge on any atom is 0.155 e. The lowest BCUT2D eigenvalue weighted by molar-refractivity contribution is -0.124. The van der Waals surface area contributed by atoms with Crippen LogP contribution in [0.15, 0.2) is 0 Å². The van der Waals surface area contributed by atoms with Gasteiger partial charge in [0.2, 0.25) is 0 Å². The fraction of sp³-hybridized carbons (Fsp3) is 0.929. The van der Waals surface area contributed by atoms with Crippen LogP contribution in [0.3, 0.4) is 0 Å². The lowest BCUT2D eigenvalue weighted by Gasteiger charge is -2.27. The van der Waals surface area contributed by atoms with Gasteiger partial charge in [0.1, 0.15) is 5.78 Å². The van der Waals surface area contributed by atoms with E-state index in [9.17, 15) is 13.2 Å². The van der Waals surface area contributed by atoms with Crippen LogP contribution in [0.2, 0.25) is 0 Å². The van der Waals surface area contributed by atoms with Gasteiger partial charge in [0.15, 0.2) is 9.84 Å². The molecule has 4 nitrogen and oxygen atoms in total. The quantitative estimate of drug-likeness (QED) is 0.850. The van der Waals surface area contributed by atoms with Crippen molar-refractivity contribution in [1.82, 2.24) is 0 Å². The maximum atomic E-state index is 12.3. The van der Waals surface area contributed by atoms with Crippen molar-refractivity contribution in [2.75, 3.05) is 5.75 Å². The summed E-state index contributed by atoms with van der Waals surface area (Å²) in [7, 11) is -3.21. The molecule has 0 spiro atoms. The first-order valence-electron chi connectivity index (χ1n) is 7.14. The van der Waals surface area contributed by atoms with E-state index in [-0.39, 0.29) is 29.9 Å². The molecule has 2 bridgehead atoms. The first kappa shape index (κ1) is 15.0. The summed E-state index contributed by atoms with van der Waals surface area (Å²) in [4.78, 5) is 12.3. The van der Waals surface area contributed by atoms with E-state index in [1.807, 2.05) is 0 Å². The van der Waals surface area contributed by atoms with E-state index in [2.05, 4.69) is 0 Å². The Morgan fingerprint density at radius 1 is 1.21 bits per heavy atom. The predicted octanol–water partition coefficient (Wildman–Crippen LogP) is 1.53. The van der Waals surface area contributed by atoms with Gasteiger partial charge in [-0.3, -0.25) is 4.79 Å². The molecule has 2 fully saturated rings. The smallest absolute Gasteiger partial charge is 0.155 e. The van der Waals surface area contributed by atoms with Crippen molar-refractivity contribution in [3.05, 3.63) is 0 Å². The molecule has 2 rings (SSSR count). The molecule has 110 valence electrons. The largest absolute Gasteiger partial charge is 0.327 e. The number of rotatable bonds is 4. The van der Waals surface area contributed by atoms with Gasteiger partial charge in [0, 0.05) is 18.4 Å². The van der Waals surface area contributed by atoms with E-state index in [1.54, 1.807) is 20.8 Å². The van der Waals surface area contributed by atoms with E-state index in [1.165, 1.54) is 0 Å². The van der Waals surface area contributed by atoms with Gasteiger partial charge in [-0.05, 0) is 51.9 Å². The second-order valence-electron chi connectivity index (χ2n) is 7.08. The Hall–Kier alpha value is -0.420. The third kappa shape index (κ3) is 2.72. The Morgan fingerprint density at radius 3 is 2.26 bits per heavy atom. The van der Waals surface area contributed by atoms with Gasteiger partial charge in [-0.2, -0.15) is 0 Å². The van der Waals surface area contributed by atoms with Crippen molar-refractivity contribution < 1.29 is 13.2 Å². The highest BCUT2D eigenvalue weighted by atomic mass is 32.2. The Morgan fingerprint density at radius 2 is 1.79 bits per heavy atom. The van der Waals surface area contributed by atoms with Gasteiger partial charge >= 0.3 is 0 Å². The summed E-state index contributed by atoms with van der Waals surface area (Å²) in [5.41, 5.74) is 6.12. The van der Waals surface area contributed by atoms with Crippen LogP contribution in [-0.4, -0.2) is 30.7 Å². The van der Waals surface area contributed by atoms with E-state index < -0.39 is 14.6 Å². The highest BCUT2D eigenvalue weighted by Crippen LogP contribution is 2.48. The first-order chi connectivity index (χ1) is 8.63. The molecule has 0 saturated heterocycles. The predicted molar refractivity (Wildman–Crippen MR) is 75.5 cm³/mol. The minimum atomic E-state index is -3.21. The van der Waals surface area contributed by atoms with Crippen molar-refractivity contribution in [2.24, 2.45) is 23.5 Å². The number of sulfone groups is 1. The number of carbonyl (C=O) groups excluding carboxylic acids is 1. The standard InChI is InChI=1S/C14H25NO3S/c1-14(2,3)19(17,18)7-6-11(16)12-9-4-5-10(8-9)13(12)15/h9-10,12-13H,4-8,15H2,1-3H3. The number of nitrogens with two attached hydrogens (primary N) is 1. The number of carbonyl (C=O) groups is 1. The van der Waals surface area contributed by atoms with Gasteiger partial charge in [0.25, 0.3) is 0 Å². The van der Waals surface area contributed by atoms with Crippen molar-refractivity contribution in [2.45, 2.75) is 57.2 Å². The van der Waals surface area contributed by atoms with Crippen molar-refractivity contribution in [1.29, 1.82) is 0 Å². The number of ketones is 1. The highest BCUT2D eigenvalue weighted by Gasteiger charge is 2.48. The molecule has 0 aromatic carbocycles. The van der Waals surface area contributed by atoms with Gasteiger partial charge in [-0.1, -0.05) is 0 Å². The van der Waals surface area contributed by atoms with E-state index >= 15 is 0 Å². The Labute approximate surface area is 116 Å². The summed E-state index contributed by atoms with van der Waals surface area (Å²) < 4.78 is 23.3. The fourth-order valence-corrected chi connectivity index (χ4v) is 4.60. The molecule has 2 aliphatic rings. The molecule has 19 heavy (non-hydrogen) atoms. The summed E-state index contributed by atoms with van der Waals surface area (Å²) in [6.45, 7) is 5.03. The molecule has 4 unspecified atom stereocenters. The summed E-state index contributed by atoms with van der Waals surface area (Å²) in [6, 6.07) is -0.0383. The number of hydrogen-bond donors (Lipinski definition) is 1. The monoisotopic (exact) mass is 287 g/mol. The minimum Gasteiger partial charge on any atom is -0.327 e. The zero-order valence-electron chi connectivity index (χ0n) is 12.1. The number of fused-ring (bicyclic) bond motifs is 2. The summed E-state index contributed by atoms with van der Waals surface area (Å²) in [5, 5.41) is 0. The molecule has 0 amide bonds. The van der Waals surface area contributed by atoms with Crippen molar-refractivity contribution >= 4 is 15.6 Å². The zero-order chi connectivity index (χ0) is 14.4. The SMILES string of the molecule is CC(C)(C)S(=O)(=O)CCC(=O)C1C2CCC(C2)C1N. The third-order valence-corrected chi connectivity index (χ3v) is 7.51. The second-order valence-corrected chi connectivity index (χ2v) is 9.95. The molecule has 5 heteroatoms. The van der Waals surface area contributed by atoms with Crippen LogP contribution in [0, 0.1) is 17.8 Å². The minimum absolute atomic E-state index is 0.0383. The topological polar surface area (TPSA) is 77.2 Å². The average Bonchev–Trinajstić information content (AvgIpc) is 2.84. The maximum absolute atomic E-state index is 12.3. The number of Topliss-reactive ketones (excluding diaryl/α,β-unsaturated/α-hetero) is 1. The van der Waals surface area contributed by atoms with Crippen LogP contribution in [0.5, 0.6) is 0 Å². The molecule has 4 atom stereocenters. The second kappa shape index (κ2) is 4.85. The highest BCUT2D eigenvalue weighted by molar-refractivity contribution is 7.92. The van der Waals surface area contributed by atoms with Gasteiger partial charge in [0.05, 0.1) is 10.5 Å². The van der Waals surface area contributed by atoms with E-state index in [4.69, 9.17) is 5.73 Å². The molecular weight excluding hydrogens is 262 g/mol. The zero-order valence-corrected chi connectivity index (χ0v) is 12.9. The van der Waals surface area contributed by atoms with Crippen LogP contribution >= 0.6 is 0 Å². The number of hydrogen-bond acceptors (Lipinski definition) is 4. The average molecular weight is 287 g/mol. The molecule has 0 aliphatic heterocycles. The van der Waals surface area contributed by atoms with Crippen molar-refractivity contribution in [3.8, 4) is 0 Å². The van der Waals surface area contributed by atoms with Gasteiger partial charge in [-0.25, -0.2) is 8.42 Å².